The summed E-state index contributed by atoms with van der Waals surface area (Å²) in [6, 6.07) is -4.48. The molecule has 0 aliphatic heterocycles. The highest BCUT2D eigenvalue weighted by molar-refractivity contribution is 7.98. The van der Waals surface area contributed by atoms with Crippen LogP contribution in [-0.2, 0) is 30.4 Å². The van der Waals surface area contributed by atoms with Gasteiger partial charge in [-0.1, -0.05) is 0 Å². The van der Waals surface area contributed by atoms with Gasteiger partial charge in [-0.3, -0.25) is 19.2 Å². The van der Waals surface area contributed by atoms with Gasteiger partial charge in [0.1, 0.15) is 18.1 Å². The maximum atomic E-state index is 13.1. The smallest absolute Gasteiger partial charge is 0.326 e. The number of aliphatic carboxylic acids is 2. The molecule has 0 aromatic carbocycles. The maximum Gasteiger partial charge on any atom is 0.326 e. The summed E-state index contributed by atoms with van der Waals surface area (Å²) in [6.07, 6.45) is 5.74. The summed E-state index contributed by atoms with van der Waals surface area (Å²) in [6.45, 7) is 0.375. The molecule has 1 aromatic rings. The number of unbranched alkanes of at least 4 members (excludes halogenated alkanes) is 1. The van der Waals surface area contributed by atoms with Crippen molar-refractivity contribution in [3.8, 4) is 0 Å². The van der Waals surface area contributed by atoms with Crippen molar-refractivity contribution in [2.24, 2.45) is 11.5 Å². The summed E-state index contributed by atoms with van der Waals surface area (Å²) in [7, 11) is 0. The van der Waals surface area contributed by atoms with Gasteiger partial charge < -0.3 is 42.6 Å². The first-order valence-corrected chi connectivity index (χ1v) is 13.3. The Hall–Kier alpha value is -3.17. The van der Waals surface area contributed by atoms with Crippen LogP contribution >= 0.6 is 11.8 Å². The zero-order chi connectivity index (χ0) is 27.8. The lowest BCUT2D eigenvalue weighted by molar-refractivity contribution is -0.142. The van der Waals surface area contributed by atoms with Crippen molar-refractivity contribution in [2.75, 3.05) is 18.6 Å². The Labute approximate surface area is 219 Å². The van der Waals surface area contributed by atoms with Crippen molar-refractivity contribution < 1.29 is 34.2 Å². The minimum absolute atomic E-state index is 0.0365. The van der Waals surface area contributed by atoms with Gasteiger partial charge in [0.25, 0.3) is 0 Å². The Bertz CT molecular complexity index is 885. The summed E-state index contributed by atoms with van der Waals surface area (Å²) >= 11 is 1.45. The van der Waals surface area contributed by atoms with Crippen LogP contribution in [0, 0.1) is 0 Å². The second-order valence-electron chi connectivity index (χ2n) is 8.41. The highest BCUT2D eigenvalue weighted by Crippen LogP contribution is 2.07. The minimum Gasteiger partial charge on any atom is -0.481 e. The fourth-order valence-electron chi connectivity index (χ4n) is 3.32. The van der Waals surface area contributed by atoms with Gasteiger partial charge in [-0.25, -0.2) is 9.78 Å². The zero-order valence-electron chi connectivity index (χ0n) is 20.8. The van der Waals surface area contributed by atoms with Gasteiger partial charge >= 0.3 is 11.9 Å². The third-order valence-electron chi connectivity index (χ3n) is 5.42. The van der Waals surface area contributed by atoms with Gasteiger partial charge in [-0.2, -0.15) is 11.8 Å². The molecule has 37 heavy (non-hydrogen) atoms. The predicted octanol–water partition coefficient (Wildman–Crippen LogP) is -1.43. The van der Waals surface area contributed by atoms with E-state index in [0.29, 0.717) is 30.8 Å². The average Bonchev–Trinajstić information content (AvgIpc) is 3.36. The second-order valence-corrected chi connectivity index (χ2v) is 9.39. The van der Waals surface area contributed by atoms with Crippen LogP contribution in [0.15, 0.2) is 12.5 Å². The lowest BCUT2D eigenvalue weighted by atomic mass is 10.1. The molecule has 15 heteroatoms. The van der Waals surface area contributed by atoms with Crippen LogP contribution in [0.4, 0.5) is 0 Å². The van der Waals surface area contributed by atoms with Gasteiger partial charge in [0.05, 0.1) is 12.4 Å². The van der Waals surface area contributed by atoms with Crippen LogP contribution in [0.25, 0.3) is 0 Å². The lowest BCUT2D eigenvalue weighted by Gasteiger charge is -2.25. The zero-order valence-corrected chi connectivity index (χ0v) is 21.6. The van der Waals surface area contributed by atoms with E-state index in [-0.39, 0.29) is 32.1 Å². The highest BCUT2D eigenvalue weighted by atomic mass is 32.2. The first-order chi connectivity index (χ1) is 17.6. The molecule has 4 unspecified atom stereocenters. The molecule has 0 radical (unpaired) electrons. The first kappa shape index (κ1) is 31.9. The number of nitrogens with zero attached hydrogens (tertiary/aromatic N) is 1. The van der Waals surface area contributed by atoms with Crippen molar-refractivity contribution in [3.63, 3.8) is 0 Å². The van der Waals surface area contributed by atoms with Crippen molar-refractivity contribution in [1.29, 1.82) is 0 Å². The number of carbonyl (C=O) groups excluding carboxylic acids is 3. The fraction of sp³-hybridized carbons (Fsp3) is 0.636. The van der Waals surface area contributed by atoms with Gasteiger partial charge in [-0.15, -0.1) is 0 Å². The number of nitrogens with two attached hydrogens (primary N) is 2. The van der Waals surface area contributed by atoms with Crippen LogP contribution in [-0.4, -0.2) is 92.6 Å². The SMILES string of the molecule is CSCCC(NC(=O)C(N)CCC(=O)O)C(=O)NC(CCCCN)C(=O)NC(Cc1cnc[nH]1)C(=O)O. The van der Waals surface area contributed by atoms with E-state index < -0.39 is 53.8 Å². The molecule has 1 heterocycles. The minimum atomic E-state index is -1.26. The summed E-state index contributed by atoms with van der Waals surface area (Å²) in [4.78, 5) is 67.7. The largest absolute Gasteiger partial charge is 0.481 e. The Morgan fingerprint density at radius 3 is 2.14 bits per heavy atom. The number of carboxylic acids is 2. The predicted molar refractivity (Wildman–Crippen MR) is 136 cm³/mol. The Balaban J connectivity index is 2.94. The van der Waals surface area contributed by atoms with Crippen LogP contribution in [0.1, 0.15) is 44.2 Å². The molecule has 0 bridgehead atoms. The number of aromatic amines is 1. The van der Waals surface area contributed by atoms with Gasteiger partial charge in [0.15, 0.2) is 0 Å². The number of imidazole rings is 1. The molecule has 1 rings (SSSR count). The number of aromatic nitrogens is 2. The number of carbonyl (C=O) groups is 5. The molecule has 0 aliphatic carbocycles. The van der Waals surface area contributed by atoms with Crippen molar-refractivity contribution in [3.05, 3.63) is 18.2 Å². The van der Waals surface area contributed by atoms with E-state index in [2.05, 4.69) is 25.9 Å². The van der Waals surface area contributed by atoms with Crippen LogP contribution in [0.2, 0.25) is 0 Å². The highest BCUT2D eigenvalue weighted by Gasteiger charge is 2.30. The van der Waals surface area contributed by atoms with E-state index in [1.54, 1.807) is 0 Å². The topological polar surface area (TPSA) is 243 Å². The molecule has 0 saturated heterocycles. The summed E-state index contributed by atoms with van der Waals surface area (Å²) in [5.74, 6) is -3.85. The molecule has 3 amide bonds. The third-order valence-corrected chi connectivity index (χ3v) is 6.07. The molecule has 0 spiro atoms. The van der Waals surface area contributed by atoms with Crippen molar-refractivity contribution in [1.82, 2.24) is 25.9 Å². The van der Waals surface area contributed by atoms with E-state index in [4.69, 9.17) is 16.6 Å². The number of thioether (sulfide) groups is 1. The molecule has 0 saturated carbocycles. The molecular weight excluding hydrogens is 506 g/mol. The Kier molecular flexibility index (Phi) is 14.9. The number of H-pyrrole nitrogens is 1. The van der Waals surface area contributed by atoms with E-state index in [0.717, 1.165) is 0 Å². The van der Waals surface area contributed by atoms with Crippen LogP contribution < -0.4 is 27.4 Å². The standard InChI is InChI=1S/C22H37N7O7S/c1-37-9-7-16(27-19(32)14(24)5-6-18(30)31)21(34)28-15(4-2-3-8-23)20(33)29-17(22(35)36)10-13-11-25-12-26-13/h11-12,14-17H,2-10,23-24H2,1H3,(H,25,26)(H,27,32)(H,28,34)(H,29,33)(H,30,31)(H,35,36). The molecule has 14 nitrogen and oxygen atoms in total. The van der Waals surface area contributed by atoms with E-state index >= 15 is 0 Å². The van der Waals surface area contributed by atoms with E-state index in [1.165, 1.54) is 24.3 Å². The van der Waals surface area contributed by atoms with Gasteiger partial charge in [-0.05, 0) is 50.7 Å². The Morgan fingerprint density at radius 1 is 0.973 bits per heavy atom. The molecular formula is C22H37N7O7S. The lowest BCUT2D eigenvalue weighted by Crippen LogP contribution is -2.57. The maximum absolute atomic E-state index is 13.1. The number of nitrogens with one attached hydrogen (secondary N) is 4. The van der Waals surface area contributed by atoms with E-state index in [1.807, 2.05) is 6.26 Å². The fourth-order valence-corrected chi connectivity index (χ4v) is 3.79. The molecule has 4 atom stereocenters. The molecule has 0 aliphatic rings. The number of hydrogen-bond acceptors (Lipinski definition) is 9. The summed E-state index contributed by atoms with van der Waals surface area (Å²) < 4.78 is 0. The summed E-state index contributed by atoms with van der Waals surface area (Å²) in [5.41, 5.74) is 11.8. The van der Waals surface area contributed by atoms with Gasteiger partial charge in [0, 0.05) is 24.7 Å². The van der Waals surface area contributed by atoms with Crippen LogP contribution in [0.5, 0.6) is 0 Å². The van der Waals surface area contributed by atoms with E-state index in [9.17, 15) is 29.1 Å². The van der Waals surface area contributed by atoms with Gasteiger partial charge in [0.2, 0.25) is 17.7 Å². The van der Waals surface area contributed by atoms with Crippen molar-refractivity contribution >= 4 is 41.4 Å². The molecule has 10 N–H and O–H groups in total. The van der Waals surface area contributed by atoms with Crippen LogP contribution in [0.3, 0.4) is 0 Å². The summed E-state index contributed by atoms with van der Waals surface area (Å²) in [5, 5.41) is 26.0. The molecule has 208 valence electrons. The number of hydrogen-bond donors (Lipinski definition) is 8. The monoisotopic (exact) mass is 543 g/mol. The normalized spacial score (nSPS) is 14.1. The molecule has 0 fully saturated rings. The third kappa shape index (κ3) is 12.6. The average molecular weight is 544 g/mol. The first-order valence-electron chi connectivity index (χ1n) is 11.9. The molecule has 1 aromatic heterocycles. The number of carboxylic acid groups (broad SMARTS) is 2. The Morgan fingerprint density at radius 2 is 1.59 bits per heavy atom. The number of rotatable bonds is 19. The number of amides is 3. The second kappa shape index (κ2) is 17.3. The quantitative estimate of drug-likeness (QED) is 0.0939. The van der Waals surface area contributed by atoms with Crippen molar-refractivity contribution in [2.45, 2.75) is 69.1 Å².